The molecule has 1 aliphatic heterocycles. The lowest BCUT2D eigenvalue weighted by atomic mass is 9.80. The summed E-state index contributed by atoms with van der Waals surface area (Å²) in [6, 6.07) is 24.9. The summed E-state index contributed by atoms with van der Waals surface area (Å²) >= 11 is 0. The quantitative estimate of drug-likeness (QED) is 0.183. The Labute approximate surface area is 279 Å². The molecule has 11 nitrogen and oxygen atoms in total. The lowest BCUT2D eigenvalue weighted by Crippen LogP contribution is -2.43. The van der Waals surface area contributed by atoms with E-state index in [1.807, 2.05) is 78.9 Å². The summed E-state index contributed by atoms with van der Waals surface area (Å²) in [5.41, 5.74) is -0.540. The highest BCUT2D eigenvalue weighted by Gasteiger charge is 2.42. The molecule has 0 radical (unpaired) electrons. The van der Waals surface area contributed by atoms with E-state index in [2.05, 4.69) is 0 Å². The fraction of sp³-hybridized carbons (Fsp3) is 0.378. The van der Waals surface area contributed by atoms with Crippen molar-refractivity contribution in [3.8, 4) is 11.5 Å². The van der Waals surface area contributed by atoms with Crippen LogP contribution in [0.15, 0.2) is 94.6 Å². The van der Waals surface area contributed by atoms with Crippen LogP contribution in [0.25, 0.3) is 0 Å². The molecule has 2 heterocycles. The molecule has 1 aromatic heterocycles. The van der Waals surface area contributed by atoms with Crippen LogP contribution in [0.3, 0.4) is 0 Å². The zero-order valence-corrected chi connectivity index (χ0v) is 28.0. The highest BCUT2D eigenvalue weighted by Crippen LogP contribution is 2.42. The largest absolute Gasteiger partial charge is 0.497 e. The van der Waals surface area contributed by atoms with Gasteiger partial charge in [0, 0.05) is 18.2 Å². The first-order valence-electron chi connectivity index (χ1n) is 15.7. The van der Waals surface area contributed by atoms with Crippen LogP contribution in [0.5, 0.6) is 11.5 Å². The molecular weight excluding hydrogens is 616 g/mol. The third-order valence-electron chi connectivity index (χ3n) is 8.46. The maximum Gasteiger partial charge on any atom is 0.335 e. The molecule has 4 aromatic rings. The molecular formula is C37H42N2O9. The van der Waals surface area contributed by atoms with Crippen molar-refractivity contribution in [1.29, 1.82) is 0 Å². The van der Waals surface area contributed by atoms with E-state index in [-0.39, 0.29) is 18.6 Å². The maximum atomic E-state index is 13.5. The van der Waals surface area contributed by atoms with Crippen molar-refractivity contribution in [1.82, 2.24) is 9.13 Å². The van der Waals surface area contributed by atoms with E-state index < -0.39 is 53.4 Å². The zero-order chi connectivity index (χ0) is 34.6. The molecule has 1 aliphatic rings. The minimum atomic E-state index is -1.14. The first-order valence-corrected chi connectivity index (χ1v) is 15.7. The summed E-state index contributed by atoms with van der Waals surface area (Å²) in [5, 5.41) is 11.2. The lowest BCUT2D eigenvalue weighted by Gasteiger charge is -2.37. The van der Waals surface area contributed by atoms with Crippen LogP contribution in [-0.2, 0) is 31.3 Å². The Morgan fingerprint density at radius 3 is 1.94 bits per heavy atom. The number of hydrogen-bond acceptors (Lipinski definition) is 9. The van der Waals surface area contributed by atoms with Crippen LogP contribution in [0, 0.1) is 12.3 Å². The van der Waals surface area contributed by atoms with E-state index in [9.17, 15) is 19.5 Å². The van der Waals surface area contributed by atoms with Crippen molar-refractivity contribution < 1.29 is 33.6 Å². The van der Waals surface area contributed by atoms with Crippen molar-refractivity contribution in [2.75, 3.05) is 20.8 Å². The Balaban J connectivity index is 1.48. The van der Waals surface area contributed by atoms with Gasteiger partial charge in [-0.2, -0.15) is 0 Å². The SMILES string of the molecule is COc1ccc(C(OC[C@H]2O[C@@H](n3cc(C)c(=O)n(COC(=O)C(C)(C)C)c3=O)C[C@@H]2O)(c2ccccc2)c2ccc(OC)cc2)cc1. The van der Waals surface area contributed by atoms with E-state index in [1.165, 1.54) is 10.8 Å². The molecule has 48 heavy (non-hydrogen) atoms. The fourth-order valence-corrected chi connectivity index (χ4v) is 5.74. The summed E-state index contributed by atoms with van der Waals surface area (Å²) in [5.74, 6) is 0.813. The second-order valence-corrected chi connectivity index (χ2v) is 12.8. The van der Waals surface area contributed by atoms with Gasteiger partial charge >= 0.3 is 11.7 Å². The summed E-state index contributed by atoms with van der Waals surface area (Å²) in [6.07, 6.45) is -1.27. The molecule has 1 saturated heterocycles. The summed E-state index contributed by atoms with van der Waals surface area (Å²) in [6.45, 7) is 6.00. The number of hydrogen-bond donors (Lipinski definition) is 1. The smallest absolute Gasteiger partial charge is 0.335 e. The van der Waals surface area contributed by atoms with Gasteiger partial charge in [-0.25, -0.2) is 9.36 Å². The topological polar surface area (TPSA) is 127 Å². The van der Waals surface area contributed by atoms with E-state index in [0.717, 1.165) is 21.3 Å². The number of methoxy groups -OCH3 is 2. The average molecular weight is 659 g/mol. The monoisotopic (exact) mass is 658 g/mol. The molecule has 1 fully saturated rings. The predicted octanol–water partition coefficient (Wildman–Crippen LogP) is 4.54. The van der Waals surface area contributed by atoms with Crippen molar-refractivity contribution in [3.63, 3.8) is 0 Å². The van der Waals surface area contributed by atoms with E-state index in [0.29, 0.717) is 11.5 Å². The van der Waals surface area contributed by atoms with Crippen molar-refractivity contribution >= 4 is 5.97 Å². The number of carbonyl (C=O) groups is 1. The number of carbonyl (C=O) groups excluding carboxylic acids is 1. The number of aliphatic hydroxyl groups excluding tert-OH is 1. The highest BCUT2D eigenvalue weighted by atomic mass is 16.6. The second-order valence-electron chi connectivity index (χ2n) is 12.8. The van der Waals surface area contributed by atoms with Crippen molar-refractivity contribution in [2.45, 2.75) is 64.9 Å². The Morgan fingerprint density at radius 1 is 0.875 bits per heavy atom. The third-order valence-corrected chi connectivity index (χ3v) is 8.46. The van der Waals surface area contributed by atoms with E-state index in [4.69, 9.17) is 23.7 Å². The van der Waals surface area contributed by atoms with Gasteiger partial charge in [0.25, 0.3) is 5.56 Å². The summed E-state index contributed by atoms with van der Waals surface area (Å²) < 4.78 is 31.4. The molecule has 0 saturated carbocycles. The number of nitrogens with zero attached hydrogens (tertiary/aromatic N) is 2. The van der Waals surface area contributed by atoms with Gasteiger partial charge in [-0.1, -0.05) is 54.6 Å². The molecule has 0 spiro atoms. The first kappa shape index (κ1) is 34.6. The van der Waals surface area contributed by atoms with Crippen LogP contribution in [0.1, 0.15) is 55.7 Å². The van der Waals surface area contributed by atoms with Crippen molar-refractivity contribution in [2.24, 2.45) is 5.41 Å². The first-order chi connectivity index (χ1) is 22.9. The van der Waals surface area contributed by atoms with Gasteiger partial charge in [0.2, 0.25) is 0 Å². The second kappa shape index (κ2) is 14.2. The van der Waals surface area contributed by atoms with E-state index >= 15 is 0 Å². The van der Waals surface area contributed by atoms with Crippen LogP contribution >= 0.6 is 0 Å². The molecule has 11 heteroatoms. The van der Waals surface area contributed by atoms with Gasteiger partial charge < -0.3 is 28.8 Å². The molecule has 1 N–H and O–H groups in total. The Kier molecular flexibility index (Phi) is 10.2. The summed E-state index contributed by atoms with van der Waals surface area (Å²) in [7, 11) is 3.21. The lowest BCUT2D eigenvalue weighted by molar-refractivity contribution is -0.157. The highest BCUT2D eigenvalue weighted by molar-refractivity contribution is 5.75. The number of aliphatic hydroxyl groups is 1. The normalized spacial score (nSPS) is 18.0. The van der Waals surface area contributed by atoms with Gasteiger partial charge in [-0.3, -0.25) is 14.2 Å². The van der Waals surface area contributed by atoms with Gasteiger partial charge in [-0.15, -0.1) is 0 Å². The molecule has 3 atom stereocenters. The Bertz CT molecular complexity index is 1780. The van der Waals surface area contributed by atoms with Crippen LogP contribution in [0.2, 0.25) is 0 Å². The Hall–Kier alpha value is -4.71. The molecule has 0 unspecified atom stereocenters. The number of aryl methyl sites for hydroxylation is 1. The number of rotatable bonds is 11. The van der Waals surface area contributed by atoms with Crippen LogP contribution in [-0.4, -0.2) is 53.2 Å². The van der Waals surface area contributed by atoms with Crippen LogP contribution < -0.4 is 20.7 Å². The number of aromatic nitrogens is 2. The third kappa shape index (κ3) is 6.94. The maximum absolute atomic E-state index is 13.5. The molecule has 0 bridgehead atoms. The number of benzene rings is 3. The molecule has 3 aromatic carbocycles. The Morgan fingerprint density at radius 2 is 1.42 bits per heavy atom. The van der Waals surface area contributed by atoms with Gasteiger partial charge in [0.05, 0.1) is 32.3 Å². The number of esters is 1. The minimum absolute atomic E-state index is 0.0544. The fourth-order valence-electron chi connectivity index (χ4n) is 5.74. The molecule has 0 amide bonds. The molecule has 254 valence electrons. The van der Waals surface area contributed by atoms with Gasteiger partial charge in [0.15, 0.2) is 6.73 Å². The molecule has 0 aliphatic carbocycles. The van der Waals surface area contributed by atoms with Crippen molar-refractivity contribution in [3.05, 3.63) is 128 Å². The van der Waals surface area contributed by atoms with Gasteiger partial charge in [0.1, 0.15) is 29.4 Å². The summed E-state index contributed by atoms with van der Waals surface area (Å²) in [4.78, 5) is 38.7. The van der Waals surface area contributed by atoms with Gasteiger partial charge in [-0.05, 0) is 68.7 Å². The number of ether oxygens (including phenoxy) is 5. The minimum Gasteiger partial charge on any atom is -0.497 e. The van der Waals surface area contributed by atoms with Crippen LogP contribution in [0.4, 0.5) is 0 Å². The standard InChI is InChI=1S/C37H42N2O9/c1-24-21-38(35(43)39(33(24)41)23-46-34(42)36(2,3)4)32-20-30(40)31(48-32)22-47-37(25-10-8-7-9-11-25,26-12-16-28(44-5)17-13-26)27-14-18-29(45-6)19-15-27/h7-19,21,30-32,40H,20,22-23H2,1-6H3/t30-,31+,32+/m0/s1. The average Bonchev–Trinajstić information content (AvgIpc) is 3.46. The van der Waals surface area contributed by atoms with E-state index in [1.54, 1.807) is 41.9 Å². The predicted molar refractivity (Wildman–Crippen MR) is 178 cm³/mol. The zero-order valence-electron chi connectivity index (χ0n) is 28.0. The molecule has 5 rings (SSSR count).